The molecule has 0 bridgehead atoms. The molecule has 0 spiro atoms. The zero-order chi connectivity index (χ0) is 10.7. The highest BCUT2D eigenvalue weighted by molar-refractivity contribution is 14.1. The molecule has 1 aromatic carbocycles. The Bertz CT molecular complexity index is 363. The van der Waals surface area contributed by atoms with E-state index < -0.39 is 5.97 Å². The van der Waals surface area contributed by atoms with E-state index in [2.05, 4.69) is 22.6 Å². The molecule has 0 saturated heterocycles. The Labute approximate surface area is 101 Å². The molecule has 2 nitrogen and oxygen atoms in total. The fourth-order valence-corrected chi connectivity index (χ4v) is 2.62. The molecule has 0 atom stereocenters. The largest absolute Gasteiger partial charge is 0.481 e. The Morgan fingerprint density at radius 1 is 1.57 bits per heavy atom. The highest BCUT2D eigenvalue weighted by atomic mass is 127. The third-order valence-corrected chi connectivity index (χ3v) is 3.14. The van der Waals surface area contributed by atoms with Gasteiger partial charge in [-0.25, -0.2) is 0 Å². The van der Waals surface area contributed by atoms with Crippen LogP contribution in [0.3, 0.4) is 0 Å². The summed E-state index contributed by atoms with van der Waals surface area (Å²) in [7, 11) is 0. The maximum atomic E-state index is 10.6. The fraction of sp³-hybridized carbons (Fsp3) is 0.300. The number of halogens is 2. The predicted octanol–water partition coefficient (Wildman–Crippen LogP) is 3.13. The minimum atomic E-state index is -0.806. The number of carboxylic acid groups (broad SMARTS) is 1. The average molecular weight is 325 g/mol. The standard InChI is InChI=1S/C10H10ClIO2/c1-2-6-3-7(11)4-9(12)8(6)5-10(13)14/h3-4H,2,5H2,1H3,(H,13,14). The summed E-state index contributed by atoms with van der Waals surface area (Å²) in [6.07, 6.45) is 0.873. The number of aliphatic carboxylic acids is 1. The molecule has 4 heteroatoms. The molecule has 0 radical (unpaired) electrons. The highest BCUT2D eigenvalue weighted by Crippen LogP contribution is 2.23. The molecule has 0 heterocycles. The van der Waals surface area contributed by atoms with Crippen molar-refractivity contribution in [2.75, 3.05) is 0 Å². The van der Waals surface area contributed by atoms with Gasteiger partial charge in [0.25, 0.3) is 0 Å². The van der Waals surface area contributed by atoms with Gasteiger partial charge < -0.3 is 5.11 Å². The summed E-state index contributed by atoms with van der Waals surface area (Å²) < 4.78 is 0.925. The Morgan fingerprint density at radius 2 is 2.21 bits per heavy atom. The van der Waals surface area contributed by atoms with Crippen LogP contribution in [-0.2, 0) is 17.6 Å². The van der Waals surface area contributed by atoms with Crippen molar-refractivity contribution in [1.29, 1.82) is 0 Å². The number of carbonyl (C=O) groups is 1. The van der Waals surface area contributed by atoms with E-state index in [1.807, 2.05) is 13.0 Å². The van der Waals surface area contributed by atoms with Crippen molar-refractivity contribution in [2.45, 2.75) is 19.8 Å². The predicted molar refractivity (Wildman–Crippen MR) is 64.9 cm³/mol. The van der Waals surface area contributed by atoms with Gasteiger partial charge in [0.1, 0.15) is 0 Å². The first-order valence-corrected chi connectivity index (χ1v) is 5.68. The number of hydrogen-bond donors (Lipinski definition) is 1. The first-order valence-electron chi connectivity index (χ1n) is 4.23. The zero-order valence-corrected chi connectivity index (χ0v) is 10.6. The van der Waals surface area contributed by atoms with Crippen LogP contribution in [0.15, 0.2) is 12.1 Å². The van der Waals surface area contributed by atoms with Crippen LogP contribution < -0.4 is 0 Å². The summed E-state index contributed by atoms with van der Waals surface area (Å²) in [5.74, 6) is -0.806. The molecule has 0 amide bonds. The van der Waals surface area contributed by atoms with Gasteiger partial charge in [0.05, 0.1) is 6.42 Å². The van der Waals surface area contributed by atoms with E-state index in [4.69, 9.17) is 16.7 Å². The van der Waals surface area contributed by atoms with Gasteiger partial charge in [-0.1, -0.05) is 18.5 Å². The van der Waals surface area contributed by atoms with Gasteiger partial charge in [0.15, 0.2) is 0 Å². The molecule has 0 unspecified atom stereocenters. The minimum Gasteiger partial charge on any atom is -0.481 e. The van der Waals surface area contributed by atoms with Gasteiger partial charge in [-0.05, 0) is 52.3 Å². The van der Waals surface area contributed by atoms with Crippen molar-refractivity contribution < 1.29 is 9.90 Å². The van der Waals surface area contributed by atoms with E-state index >= 15 is 0 Å². The van der Waals surface area contributed by atoms with Gasteiger partial charge in [-0.15, -0.1) is 0 Å². The summed E-state index contributed by atoms with van der Waals surface area (Å²) in [6, 6.07) is 3.63. The van der Waals surface area contributed by atoms with Crippen LogP contribution in [-0.4, -0.2) is 11.1 Å². The minimum absolute atomic E-state index is 0.0681. The van der Waals surface area contributed by atoms with E-state index in [1.54, 1.807) is 6.07 Å². The molecule has 1 rings (SSSR count). The van der Waals surface area contributed by atoms with Crippen LogP contribution >= 0.6 is 34.2 Å². The van der Waals surface area contributed by atoms with Gasteiger partial charge in [-0.3, -0.25) is 4.79 Å². The van der Waals surface area contributed by atoms with Crippen molar-refractivity contribution in [3.05, 3.63) is 31.9 Å². The Morgan fingerprint density at radius 3 is 2.71 bits per heavy atom. The van der Waals surface area contributed by atoms with E-state index in [-0.39, 0.29) is 6.42 Å². The van der Waals surface area contributed by atoms with E-state index in [1.165, 1.54) is 0 Å². The monoisotopic (exact) mass is 324 g/mol. The van der Waals surface area contributed by atoms with Crippen LogP contribution in [0.5, 0.6) is 0 Å². The Balaban J connectivity index is 3.18. The summed E-state index contributed by atoms with van der Waals surface area (Å²) >= 11 is 8.01. The summed E-state index contributed by atoms with van der Waals surface area (Å²) in [4.78, 5) is 10.6. The van der Waals surface area contributed by atoms with Crippen molar-refractivity contribution >= 4 is 40.2 Å². The number of carboxylic acids is 1. The fourth-order valence-electron chi connectivity index (χ4n) is 1.32. The third kappa shape index (κ3) is 2.85. The molecular weight excluding hydrogens is 314 g/mol. The molecular formula is C10H10ClIO2. The molecule has 1 aromatic rings. The van der Waals surface area contributed by atoms with Crippen molar-refractivity contribution in [3.8, 4) is 0 Å². The lowest BCUT2D eigenvalue weighted by atomic mass is 10.0. The third-order valence-electron chi connectivity index (χ3n) is 1.96. The molecule has 1 N–H and O–H groups in total. The quantitative estimate of drug-likeness (QED) is 0.867. The second-order valence-corrected chi connectivity index (χ2v) is 4.55. The number of benzene rings is 1. The van der Waals surface area contributed by atoms with Crippen LogP contribution in [0.1, 0.15) is 18.1 Å². The maximum absolute atomic E-state index is 10.6. The smallest absolute Gasteiger partial charge is 0.307 e. The molecule has 0 aliphatic heterocycles. The highest BCUT2D eigenvalue weighted by Gasteiger charge is 2.10. The molecule has 0 fully saturated rings. The molecule has 0 saturated carbocycles. The van der Waals surface area contributed by atoms with Gasteiger partial charge >= 0.3 is 5.97 Å². The van der Waals surface area contributed by atoms with Crippen LogP contribution in [0, 0.1) is 3.57 Å². The lowest BCUT2D eigenvalue weighted by Crippen LogP contribution is -2.05. The van der Waals surface area contributed by atoms with Crippen LogP contribution in [0.2, 0.25) is 5.02 Å². The van der Waals surface area contributed by atoms with Gasteiger partial charge in [0.2, 0.25) is 0 Å². The molecule has 14 heavy (non-hydrogen) atoms. The van der Waals surface area contributed by atoms with Crippen LogP contribution in [0.4, 0.5) is 0 Å². The SMILES string of the molecule is CCc1cc(Cl)cc(I)c1CC(=O)O. The normalized spacial score (nSPS) is 10.2. The van der Waals surface area contributed by atoms with Crippen molar-refractivity contribution in [1.82, 2.24) is 0 Å². The Kier molecular flexibility index (Phi) is 4.19. The Hall–Kier alpha value is -0.290. The first-order chi connectivity index (χ1) is 6.54. The molecule has 0 aromatic heterocycles. The summed E-state index contributed by atoms with van der Waals surface area (Å²) in [5.41, 5.74) is 1.90. The van der Waals surface area contributed by atoms with E-state index in [9.17, 15) is 4.79 Å². The van der Waals surface area contributed by atoms with E-state index in [0.717, 1.165) is 21.1 Å². The first kappa shape index (κ1) is 11.8. The number of aryl methyl sites for hydroxylation is 1. The molecule has 0 aliphatic carbocycles. The zero-order valence-electron chi connectivity index (χ0n) is 7.68. The average Bonchev–Trinajstić information content (AvgIpc) is 2.08. The van der Waals surface area contributed by atoms with Crippen LogP contribution in [0.25, 0.3) is 0 Å². The number of hydrogen-bond acceptors (Lipinski definition) is 1. The van der Waals surface area contributed by atoms with Crippen molar-refractivity contribution in [3.63, 3.8) is 0 Å². The maximum Gasteiger partial charge on any atom is 0.307 e. The summed E-state index contributed by atoms with van der Waals surface area (Å²) in [6.45, 7) is 1.99. The topological polar surface area (TPSA) is 37.3 Å². The lowest BCUT2D eigenvalue weighted by molar-refractivity contribution is -0.136. The number of rotatable bonds is 3. The molecule has 0 aliphatic rings. The second kappa shape index (κ2) is 4.98. The van der Waals surface area contributed by atoms with Gasteiger partial charge in [0, 0.05) is 8.59 Å². The molecule has 76 valence electrons. The second-order valence-electron chi connectivity index (χ2n) is 2.95. The van der Waals surface area contributed by atoms with Crippen molar-refractivity contribution in [2.24, 2.45) is 0 Å². The van der Waals surface area contributed by atoms with E-state index in [0.29, 0.717) is 5.02 Å². The van der Waals surface area contributed by atoms with Gasteiger partial charge in [-0.2, -0.15) is 0 Å². The lowest BCUT2D eigenvalue weighted by Gasteiger charge is -2.08. The summed E-state index contributed by atoms with van der Waals surface area (Å²) in [5, 5.41) is 9.41.